The topological polar surface area (TPSA) is 49.9 Å². The number of thioether (sulfide) groups is 1. The van der Waals surface area contributed by atoms with Gasteiger partial charge in [-0.05, 0) is 33.1 Å². The van der Waals surface area contributed by atoms with Crippen LogP contribution >= 0.6 is 11.8 Å². The molecule has 120 valence electrons. The number of amides is 2. The van der Waals surface area contributed by atoms with E-state index in [1.165, 1.54) is 0 Å². The molecule has 2 amide bonds. The van der Waals surface area contributed by atoms with E-state index < -0.39 is 5.60 Å². The highest BCUT2D eigenvalue weighted by Crippen LogP contribution is 2.27. The number of rotatable bonds is 1. The molecule has 21 heavy (non-hydrogen) atoms. The maximum absolute atomic E-state index is 12.7. The monoisotopic (exact) mass is 314 g/mol. The van der Waals surface area contributed by atoms with Gasteiger partial charge < -0.3 is 9.64 Å². The van der Waals surface area contributed by atoms with Gasteiger partial charge in [-0.15, -0.1) is 0 Å². The number of carbonyl (C=O) groups excluding carboxylic acids is 2. The molecule has 6 heteroatoms. The molecule has 0 saturated carbocycles. The smallest absolute Gasteiger partial charge is 0.410 e. The molecule has 2 saturated heterocycles. The first-order chi connectivity index (χ1) is 9.78. The van der Waals surface area contributed by atoms with Gasteiger partial charge in [-0.1, -0.05) is 6.92 Å². The van der Waals surface area contributed by atoms with E-state index in [1.54, 1.807) is 4.90 Å². The van der Waals surface area contributed by atoms with E-state index in [4.69, 9.17) is 4.74 Å². The maximum atomic E-state index is 12.7. The van der Waals surface area contributed by atoms with Crippen LogP contribution in [0.3, 0.4) is 0 Å². The summed E-state index contributed by atoms with van der Waals surface area (Å²) in [6.07, 6.45) is 0.374. The standard InChI is InChI=1S/C15H26N2O3S/c1-11-9-12(13(18)16-5-7-21-8-6-16)17(10-11)14(19)20-15(2,3)4/h11-12H,5-10H2,1-4H3/t11?,12-/m0/s1. The molecule has 1 unspecified atom stereocenters. The van der Waals surface area contributed by atoms with Gasteiger partial charge in [0.05, 0.1) is 0 Å². The summed E-state index contributed by atoms with van der Waals surface area (Å²) in [5, 5.41) is 0. The molecule has 0 aromatic heterocycles. The first-order valence-corrected chi connectivity index (χ1v) is 8.79. The number of nitrogens with zero attached hydrogens (tertiary/aromatic N) is 2. The first kappa shape index (κ1) is 16.5. The Morgan fingerprint density at radius 3 is 2.38 bits per heavy atom. The maximum Gasteiger partial charge on any atom is 0.410 e. The molecule has 2 fully saturated rings. The fraction of sp³-hybridized carbons (Fsp3) is 0.867. The molecule has 0 N–H and O–H groups in total. The van der Waals surface area contributed by atoms with Crippen molar-refractivity contribution in [2.75, 3.05) is 31.1 Å². The van der Waals surface area contributed by atoms with Gasteiger partial charge in [0.1, 0.15) is 11.6 Å². The van der Waals surface area contributed by atoms with E-state index in [1.807, 2.05) is 37.4 Å². The van der Waals surface area contributed by atoms with E-state index >= 15 is 0 Å². The van der Waals surface area contributed by atoms with Gasteiger partial charge in [0.2, 0.25) is 5.91 Å². The zero-order valence-corrected chi connectivity index (χ0v) is 14.2. The molecule has 0 spiro atoms. The van der Waals surface area contributed by atoms with Gasteiger partial charge in [0.25, 0.3) is 0 Å². The van der Waals surface area contributed by atoms with Crippen LogP contribution in [0.5, 0.6) is 0 Å². The Labute approximate surface area is 131 Å². The Bertz CT molecular complexity index is 402. The Hall–Kier alpha value is -0.910. The van der Waals surface area contributed by atoms with Gasteiger partial charge >= 0.3 is 6.09 Å². The quantitative estimate of drug-likeness (QED) is 0.744. The van der Waals surface area contributed by atoms with Crippen LogP contribution in [0, 0.1) is 5.92 Å². The number of likely N-dealkylation sites (tertiary alicyclic amines) is 1. The highest BCUT2D eigenvalue weighted by molar-refractivity contribution is 7.99. The lowest BCUT2D eigenvalue weighted by Gasteiger charge is -2.33. The van der Waals surface area contributed by atoms with Crippen LogP contribution in [0.15, 0.2) is 0 Å². The second-order valence-electron chi connectivity index (χ2n) is 6.93. The number of hydrogen-bond donors (Lipinski definition) is 0. The molecule has 0 bridgehead atoms. The first-order valence-electron chi connectivity index (χ1n) is 7.64. The lowest BCUT2D eigenvalue weighted by Crippen LogP contribution is -2.50. The summed E-state index contributed by atoms with van der Waals surface area (Å²) in [6, 6.07) is -0.349. The van der Waals surface area contributed by atoms with Crippen LogP contribution in [0.2, 0.25) is 0 Å². The molecular formula is C15H26N2O3S. The van der Waals surface area contributed by atoms with Crippen molar-refractivity contribution < 1.29 is 14.3 Å². The van der Waals surface area contributed by atoms with Crippen LogP contribution in [0.25, 0.3) is 0 Å². The highest BCUT2D eigenvalue weighted by atomic mass is 32.2. The van der Waals surface area contributed by atoms with Crippen molar-refractivity contribution in [3.8, 4) is 0 Å². The van der Waals surface area contributed by atoms with Crippen LogP contribution in [-0.4, -0.2) is 64.6 Å². The summed E-state index contributed by atoms with van der Waals surface area (Å²) in [4.78, 5) is 28.6. The van der Waals surface area contributed by atoms with Crippen LogP contribution in [-0.2, 0) is 9.53 Å². The summed E-state index contributed by atoms with van der Waals surface area (Å²) < 4.78 is 5.45. The van der Waals surface area contributed by atoms with Crippen molar-refractivity contribution >= 4 is 23.8 Å². The summed E-state index contributed by atoms with van der Waals surface area (Å²) in [7, 11) is 0. The Balaban J connectivity index is 2.05. The molecule has 0 aromatic rings. The third-order valence-electron chi connectivity index (χ3n) is 3.75. The molecule has 2 heterocycles. The molecule has 0 radical (unpaired) electrons. The van der Waals surface area contributed by atoms with Gasteiger partial charge in [-0.3, -0.25) is 9.69 Å². The second-order valence-corrected chi connectivity index (χ2v) is 8.15. The van der Waals surface area contributed by atoms with Crippen LogP contribution in [0.4, 0.5) is 4.79 Å². The van der Waals surface area contributed by atoms with Gasteiger partial charge in [0, 0.05) is 31.1 Å². The average molecular weight is 314 g/mol. The summed E-state index contributed by atoms with van der Waals surface area (Å²) >= 11 is 1.88. The van der Waals surface area contributed by atoms with Crippen LogP contribution in [0.1, 0.15) is 34.1 Å². The number of hydrogen-bond acceptors (Lipinski definition) is 4. The summed E-state index contributed by atoms with van der Waals surface area (Å²) in [5.74, 6) is 2.40. The van der Waals surface area contributed by atoms with E-state index in [2.05, 4.69) is 6.92 Å². The van der Waals surface area contributed by atoms with Crippen LogP contribution < -0.4 is 0 Å². The van der Waals surface area contributed by atoms with Gasteiger partial charge in [-0.25, -0.2) is 4.79 Å². The van der Waals surface area contributed by atoms with Crippen molar-refractivity contribution in [2.45, 2.75) is 45.8 Å². The van der Waals surface area contributed by atoms with Crippen molar-refractivity contribution in [1.82, 2.24) is 9.80 Å². The van der Waals surface area contributed by atoms with Crippen molar-refractivity contribution in [3.63, 3.8) is 0 Å². The van der Waals surface area contributed by atoms with Crippen molar-refractivity contribution in [2.24, 2.45) is 5.92 Å². The lowest BCUT2D eigenvalue weighted by molar-refractivity contribution is -0.135. The Morgan fingerprint density at radius 2 is 1.81 bits per heavy atom. The molecule has 0 aromatic carbocycles. The van der Waals surface area contributed by atoms with Crippen molar-refractivity contribution in [1.29, 1.82) is 0 Å². The number of ether oxygens (including phenoxy) is 1. The zero-order valence-electron chi connectivity index (χ0n) is 13.4. The third-order valence-corrected chi connectivity index (χ3v) is 4.69. The summed E-state index contributed by atoms with van der Waals surface area (Å²) in [6.45, 7) is 9.81. The average Bonchev–Trinajstić information content (AvgIpc) is 2.79. The molecule has 0 aliphatic carbocycles. The van der Waals surface area contributed by atoms with E-state index in [0.29, 0.717) is 12.5 Å². The predicted molar refractivity (Wildman–Crippen MR) is 84.4 cm³/mol. The second kappa shape index (κ2) is 6.46. The minimum absolute atomic E-state index is 0.0884. The van der Waals surface area contributed by atoms with E-state index in [-0.39, 0.29) is 18.0 Å². The molecule has 2 aliphatic heterocycles. The molecule has 2 aliphatic rings. The number of carbonyl (C=O) groups is 2. The predicted octanol–water partition coefficient (Wildman–Crippen LogP) is 2.21. The normalized spacial score (nSPS) is 26.9. The fourth-order valence-corrected chi connectivity index (χ4v) is 3.70. The molecule has 5 nitrogen and oxygen atoms in total. The minimum Gasteiger partial charge on any atom is -0.444 e. The minimum atomic E-state index is -0.529. The van der Waals surface area contributed by atoms with Gasteiger partial charge in [0.15, 0.2) is 0 Å². The Morgan fingerprint density at radius 1 is 1.19 bits per heavy atom. The third kappa shape index (κ3) is 4.28. The summed E-state index contributed by atoms with van der Waals surface area (Å²) in [5.41, 5.74) is -0.529. The SMILES string of the molecule is CC1C[C@@H](C(=O)N2CCSCC2)N(C(=O)OC(C)(C)C)C1. The van der Waals surface area contributed by atoms with Crippen molar-refractivity contribution in [3.05, 3.63) is 0 Å². The lowest BCUT2D eigenvalue weighted by atomic mass is 10.1. The fourth-order valence-electron chi connectivity index (χ4n) is 2.80. The largest absolute Gasteiger partial charge is 0.444 e. The van der Waals surface area contributed by atoms with Gasteiger partial charge in [-0.2, -0.15) is 11.8 Å². The van der Waals surface area contributed by atoms with E-state index in [9.17, 15) is 9.59 Å². The molecule has 2 rings (SSSR count). The zero-order chi connectivity index (χ0) is 15.6. The highest BCUT2D eigenvalue weighted by Gasteiger charge is 2.41. The molecular weight excluding hydrogens is 288 g/mol. The Kier molecular flexibility index (Phi) is 5.07. The van der Waals surface area contributed by atoms with E-state index in [0.717, 1.165) is 31.0 Å². The molecule has 2 atom stereocenters.